The Labute approximate surface area is 294 Å². The average Bonchev–Trinajstić information content (AvgIpc) is 3.03. The number of para-hydroxylation sites is 2. The van der Waals surface area contributed by atoms with Gasteiger partial charge in [0.1, 0.15) is 36.9 Å². The first-order chi connectivity index (χ1) is 21.4. The van der Waals surface area contributed by atoms with E-state index < -0.39 is 12.2 Å². The van der Waals surface area contributed by atoms with E-state index in [1.54, 1.807) is 0 Å². The second-order valence-corrected chi connectivity index (χ2v) is 11.0. The van der Waals surface area contributed by atoms with Gasteiger partial charge in [0.15, 0.2) is 0 Å². The number of aliphatic hydroxyl groups excluding tert-OH is 2. The molecular weight excluding hydrogens is 806 g/mol. The third kappa shape index (κ3) is 27.6. The number of hydrogen-bond acceptors (Lipinski definition) is 10. The maximum atomic E-state index is 9.22. The van der Waals surface area contributed by atoms with Crippen molar-refractivity contribution < 1.29 is 79.8 Å². The zero-order valence-corrected chi connectivity index (χ0v) is 31.8. The van der Waals surface area contributed by atoms with Crippen LogP contribution in [0.1, 0.15) is 53.4 Å². The van der Waals surface area contributed by atoms with Crippen LogP contribution in [0.4, 0.5) is 0 Å². The van der Waals surface area contributed by atoms with Crippen LogP contribution in [0.25, 0.3) is 0 Å². The van der Waals surface area contributed by atoms with Crippen molar-refractivity contribution in [1.82, 2.24) is 0 Å². The Kier molecular flexibility index (Phi) is 30.5. The quantitative estimate of drug-likeness (QED) is 0.0699. The van der Waals surface area contributed by atoms with Crippen LogP contribution in [0, 0.1) is 42.9 Å². The van der Waals surface area contributed by atoms with Crippen molar-refractivity contribution in [3.63, 3.8) is 0 Å². The second kappa shape index (κ2) is 31.4. The fourth-order valence-electron chi connectivity index (χ4n) is 3.29. The molecule has 0 bridgehead atoms. The molecule has 0 spiro atoms. The van der Waals surface area contributed by atoms with E-state index in [4.69, 9.17) is 38.5 Å². The Bertz CT molecular complexity index is 789. The number of hydrogen-bond donors (Lipinski definition) is 2. The van der Waals surface area contributed by atoms with Gasteiger partial charge in [0.25, 0.3) is 0 Å². The third-order valence-corrected chi connectivity index (χ3v) is 5.61. The number of rotatable bonds is 26. The largest absolute Gasteiger partial charge is 0.491 e. The van der Waals surface area contributed by atoms with Gasteiger partial charge >= 0.3 is 0 Å². The molecule has 0 aliphatic heterocycles. The first-order valence-corrected chi connectivity index (χ1v) is 15.7. The molecule has 45 heavy (non-hydrogen) atoms. The maximum absolute atomic E-state index is 9.22. The Morgan fingerprint density at radius 3 is 1.20 bits per heavy atom. The third-order valence-electron chi connectivity index (χ3n) is 5.61. The normalized spacial score (nSPS) is 12.3. The molecule has 10 nitrogen and oxygen atoms in total. The van der Waals surface area contributed by atoms with E-state index in [0.29, 0.717) is 25.0 Å². The summed E-state index contributed by atoms with van der Waals surface area (Å²) in [5.41, 5.74) is 0. The summed E-state index contributed by atoms with van der Waals surface area (Å²) in [6, 6.07) is 18.8. The van der Waals surface area contributed by atoms with E-state index in [0.717, 1.165) is 63.6 Å². The van der Waals surface area contributed by atoms with E-state index in [1.807, 2.05) is 60.7 Å². The molecule has 2 aromatic carbocycles. The predicted octanol–water partition coefficient (Wildman–Crippen LogP) is 5.65. The molecule has 0 heterocycles. The van der Waals surface area contributed by atoms with Gasteiger partial charge in [-0.3, -0.25) is 0 Å². The number of ether oxygens (including phenoxy) is 4. The fraction of sp³-hybridized carbons (Fsp3) is 0.647. The molecule has 2 rings (SSSR count). The van der Waals surface area contributed by atoms with Gasteiger partial charge < -0.3 is 29.2 Å². The van der Waals surface area contributed by atoms with E-state index in [1.165, 1.54) is 0 Å². The summed E-state index contributed by atoms with van der Waals surface area (Å²) in [5.74, 6) is 2.61. The summed E-state index contributed by atoms with van der Waals surface area (Å²) in [4.78, 5) is 20.5. The Morgan fingerprint density at radius 1 is 0.511 bits per heavy atom. The number of aliphatic hydroxyl groups is 2. The van der Waals surface area contributed by atoms with Gasteiger partial charge in [0, 0.05) is 57.5 Å². The summed E-state index contributed by atoms with van der Waals surface area (Å²) < 4.78 is 22.0. The van der Waals surface area contributed by atoms with Gasteiger partial charge in [0.05, 0.1) is 26.4 Å². The van der Waals surface area contributed by atoms with E-state index in [-0.39, 0.29) is 57.5 Å². The van der Waals surface area contributed by atoms with Crippen LogP contribution in [0.2, 0.25) is 0 Å². The molecule has 2 N–H and O–H groups in total. The molecule has 0 aromatic heterocycles. The Balaban J connectivity index is 0.000000842. The smallest absolute Gasteiger partial charge is 0.150 e. The van der Waals surface area contributed by atoms with Crippen LogP contribution >= 0.6 is 0 Å². The van der Waals surface area contributed by atoms with E-state index >= 15 is 0 Å². The van der Waals surface area contributed by atoms with Gasteiger partial charge in [-0.2, -0.15) is 0 Å². The van der Waals surface area contributed by atoms with Crippen molar-refractivity contribution >= 4 is 0 Å². The molecule has 256 valence electrons. The molecule has 0 fully saturated rings. The predicted molar refractivity (Wildman–Crippen MR) is 169 cm³/mol. The standard InChI is InChI=1S/2C17H28O5.U/c2*1-15(2)13-19-10-6-7-11-21-22-17(12-18)14-20-16-8-4-3-5-9-16;/h2*3-5,8-9,15,17-18H,6-7,10-14H2,1-2H3;. The number of unbranched alkanes of at least 4 members (excludes halogenated alkanes) is 2. The minimum Gasteiger partial charge on any atom is -0.491 e. The molecule has 0 saturated heterocycles. The van der Waals surface area contributed by atoms with Crippen LogP contribution in [-0.4, -0.2) is 88.5 Å². The SMILES string of the molecule is CC(C)COCCCCOOC(CO)COc1ccccc1.CC(C)COCCCCOOC(CO)COc1ccccc1.[U]. The van der Waals surface area contributed by atoms with Crippen LogP contribution in [0.5, 0.6) is 11.5 Å². The van der Waals surface area contributed by atoms with Crippen molar-refractivity contribution in [3.8, 4) is 11.5 Å². The molecule has 0 aliphatic carbocycles. The summed E-state index contributed by atoms with van der Waals surface area (Å²) in [5, 5.41) is 18.4. The van der Waals surface area contributed by atoms with Crippen molar-refractivity contribution in [1.29, 1.82) is 0 Å². The molecule has 0 saturated carbocycles. The molecule has 0 aliphatic rings. The van der Waals surface area contributed by atoms with Crippen molar-refractivity contribution in [2.24, 2.45) is 11.8 Å². The molecular formula is C34H56O10U. The first kappa shape index (κ1) is 43.8. The minimum absolute atomic E-state index is 0. The van der Waals surface area contributed by atoms with Crippen LogP contribution in [0.15, 0.2) is 60.7 Å². The fourth-order valence-corrected chi connectivity index (χ4v) is 3.29. The van der Waals surface area contributed by atoms with Gasteiger partial charge in [-0.05, 0) is 61.8 Å². The average molecular weight is 863 g/mol. The van der Waals surface area contributed by atoms with Crippen molar-refractivity contribution in [2.45, 2.75) is 65.6 Å². The zero-order chi connectivity index (χ0) is 32.1. The van der Waals surface area contributed by atoms with E-state index in [9.17, 15) is 10.2 Å². The van der Waals surface area contributed by atoms with E-state index in [2.05, 4.69) is 27.7 Å². The molecule has 0 radical (unpaired) electrons. The Morgan fingerprint density at radius 2 is 0.867 bits per heavy atom. The van der Waals surface area contributed by atoms with Crippen LogP contribution < -0.4 is 9.47 Å². The molecule has 11 heteroatoms. The topological polar surface area (TPSA) is 114 Å². The molecule has 2 aromatic rings. The first-order valence-electron chi connectivity index (χ1n) is 15.7. The van der Waals surface area contributed by atoms with Gasteiger partial charge in [-0.1, -0.05) is 64.1 Å². The monoisotopic (exact) mass is 862 g/mol. The van der Waals surface area contributed by atoms with Gasteiger partial charge in [-0.25, -0.2) is 19.6 Å². The van der Waals surface area contributed by atoms with Gasteiger partial charge in [0.2, 0.25) is 0 Å². The van der Waals surface area contributed by atoms with Gasteiger partial charge in [-0.15, -0.1) is 0 Å². The second-order valence-electron chi connectivity index (χ2n) is 11.0. The molecule has 2 atom stereocenters. The zero-order valence-electron chi connectivity index (χ0n) is 27.6. The molecule has 0 amide bonds. The molecule has 2 unspecified atom stereocenters. The minimum atomic E-state index is -0.489. The summed E-state index contributed by atoms with van der Waals surface area (Å²) in [6.07, 6.45) is 2.60. The van der Waals surface area contributed by atoms with Crippen LogP contribution in [-0.2, 0) is 29.0 Å². The van der Waals surface area contributed by atoms with Crippen molar-refractivity contribution in [3.05, 3.63) is 60.7 Å². The summed E-state index contributed by atoms with van der Waals surface area (Å²) in [7, 11) is 0. The number of benzene rings is 2. The summed E-state index contributed by atoms with van der Waals surface area (Å²) in [6.45, 7) is 12.7. The van der Waals surface area contributed by atoms with Crippen LogP contribution in [0.3, 0.4) is 0 Å². The van der Waals surface area contributed by atoms with Crippen molar-refractivity contribution in [2.75, 3.05) is 66.1 Å². The summed E-state index contributed by atoms with van der Waals surface area (Å²) >= 11 is 0. The Hall–Kier alpha value is -1.23. The maximum Gasteiger partial charge on any atom is 0.150 e.